The van der Waals surface area contributed by atoms with Gasteiger partial charge < -0.3 is 39.9 Å². The van der Waals surface area contributed by atoms with Crippen molar-refractivity contribution in [3.8, 4) is 22.4 Å². The summed E-state index contributed by atoms with van der Waals surface area (Å²) in [5.41, 5.74) is 6.31. The second-order valence-corrected chi connectivity index (χ2v) is 16.6. The van der Waals surface area contributed by atoms with Crippen molar-refractivity contribution in [2.75, 3.05) is 27.3 Å². The average molecular weight is 848 g/mol. The minimum absolute atomic E-state index is 0.115. The number of aromatic nitrogens is 5. The van der Waals surface area contributed by atoms with Gasteiger partial charge in [0, 0.05) is 42.0 Å². The van der Waals surface area contributed by atoms with E-state index in [1.807, 2.05) is 31.0 Å². The van der Waals surface area contributed by atoms with Crippen molar-refractivity contribution in [2.45, 2.75) is 63.7 Å². The lowest BCUT2D eigenvalue weighted by Gasteiger charge is -2.29. The number of fused-ring (bicyclic) bond motifs is 4. The molecule has 4 N–H and O–H groups in total. The molecule has 322 valence electrons. The van der Waals surface area contributed by atoms with Gasteiger partial charge in [0.15, 0.2) is 0 Å². The third-order valence-electron chi connectivity index (χ3n) is 12.4. The molecule has 2 saturated heterocycles. The van der Waals surface area contributed by atoms with Crippen molar-refractivity contribution in [3.63, 3.8) is 0 Å². The average Bonchev–Trinajstić information content (AvgIpc) is 4.16. The minimum atomic E-state index is -0.946. The molecule has 3 aromatic heterocycles. The number of aromatic amines is 2. The van der Waals surface area contributed by atoms with Crippen LogP contribution in [0.4, 0.5) is 9.59 Å². The zero-order chi connectivity index (χ0) is 43.8. The van der Waals surface area contributed by atoms with Gasteiger partial charge in [0.1, 0.15) is 23.7 Å². The van der Waals surface area contributed by atoms with E-state index in [9.17, 15) is 19.2 Å². The van der Waals surface area contributed by atoms with Crippen molar-refractivity contribution in [1.82, 2.24) is 45.4 Å². The Labute approximate surface area is 363 Å². The molecular formula is C48H49N9O6. The van der Waals surface area contributed by atoms with Crippen LogP contribution < -0.4 is 10.6 Å². The number of alkyl carbamates (subject to hydrolysis) is 2. The van der Waals surface area contributed by atoms with E-state index >= 15 is 0 Å². The molecule has 5 heterocycles. The van der Waals surface area contributed by atoms with E-state index in [1.54, 1.807) is 29.4 Å². The van der Waals surface area contributed by atoms with E-state index in [0.29, 0.717) is 24.5 Å². The summed E-state index contributed by atoms with van der Waals surface area (Å²) in [5, 5.41) is 9.64. The fourth-order valence-corrected chi connectivity index (χ4v) is 9.09. The second kappa shape index (κ2) is 17.2. The van der Waals surface area contributed by atoms with Crippen LogP contribution in [-0.4, -0.2) is 92.1 Å². The Balaban J connectivity index is 0.924. The van der Waals surface area contributed by atoms with E-state index in [-0.39, 0.29) is 29.8 Å². The van der Waals surface area contributed by atoms with Gasteiger partial charge in [-0.05, 0) is 89.2 Å². The smallest absolute Gasteiger partial charge is 0.407 e. The SMILES string of the molecule is COC(=O)NC(C(=O)N1CCC[C@H]1c1ncc(-c2ccc3cc(-c4ccc5c(ccc6[nH]c([C@@H]7CCCN7C(=O)[C@@H](NC(=O)OC)C(C)C)nc65)c4)ccc3c2)[nH]1)c1cccnc1. The molecule has 9 rings (SSSR count). The van der Waals surface area contributed by atoms with Gasteiger partial charge in [0.25, 0.3) is 5.91 Å². The van der Waals surface area contributed by atoms with Crippen LogP contribution in [0.1, 0.15) is 74.9 Å². The quantitative estimate of drug-likeness (QED) is 0.105. The van der Waals surface area contributed by atoms with Gasteiger partial charge in [-0.2, -0.15) is 0 Å². The number of amides is 4. The molecule has 0 radical (unpaired) electrons. The highest BCUT2D eigenvalue weighted by Crippen LogP contribution is 2.37. The Hall–Kier alpha value is -7.29. The molecule has 2 aliphatic heterocycles. The lowest BCUT2D eigenvalue weighted by molar-refractivity contribution is -0.135. The van der Waals surface area contributed by atoms with E-state index < -0.39 is 24.3 Å². The Morgan fingerprint density at radius 1 is 0.714 bits per heavy atom. The molecule has 2 aliphatic rings. The number of carbonyl (C=O) groups is 4. The van der Waals surface area contributed by atoms with Crippen LogP contribution in [0, 0.1) is 5.92 Å². The maximum absolute atomic E-state index is 13.9. The molecule has 2 fully saturated rings. The Morgan fingerprint density at radius 2 is 1.35 bits per heavy atom. The number of ether oxygens (including phenoxy) is 2. The number of benzene rings is 4. The maximum atomic E-state index is 13.9. The van der Waals surface area contributed by atoms with Crippen LogP contribution in [0.5, 0.6) is 0 Å². The van der Waals surface area contributed by atoms with Crippen LogP contribution in [0.3, 0.4) is 0 Å². The third-order valence-corrected chi connectivity index (χ3v) is 12.4. The van der Waals surface area contributed by atoms with E-state index in [0.717, 1.165) is 86.5 Å². The standard InChI is InChI=1S/C48H49N9O6/c1-27(2)40(54-47(60)62-3)45(58)57-21-7-10-39(57)44-51-36-18-16-32-23-31(15-17-35(32)42(36)53-44)28-11-12-30-24-33(14-13-29(30)22-28)37-26-50-43(52-37)38-9-6-20-56(38)46(59)41(55-48(61)63-4)34-8-5-19-49-25-34/h5,8,11-19,22-27,38-41H,6-7,9-10,20-21H2,1-4H3,(H,50,52)(H,51,53)(H,54,60)(H,55,61)/t38-,39-,40-,41?/m0/s1. The molecule has 7 aromatic rings. The van der Waals surface area contributed by atoms with Gasteiger partial charge in [0.2, 0.25) is 5.91 Å². The number of carbonyl (C=O) groups excluding carboxylic acids is 4. The highest BCUT2D eigenvalue weighted by Gasteiger charge is 2.39. The van der Waals surface area contributed by atoms with Gasteiger partial charge in [-0.25, -0.2) is 19.6 Å². The first-order valence-corrected chi connectivity index (χ1v) is 21.3. The van der Waals surface area contributed by atoms with Gasteiger partial charge in [-0.3, -0.25) is 14.6 Å². The van der Waals surface area contributed by atoms with Crippen LogP contribution in [0.25, 0.3) is 55.0 Å². The third kappa shape index (κ3) is 8.02. The number of nitrogens with zero attached hydrogens (tertiary/aromatic N) is 5. The first-order valence-electron chi connectivity index (χ1n) is 21.3. The molecule has 0 bridgehead atoms. The number of rotatable bonds is 10. The van der Waals surface area contributed by atoms with E-state index in [4.69, 9.17) is 19.4 Å². The second-order valence-electron chi connectivity index (χ2n) is 16.6. The highest BCUT2D eigenvalue weighted by molar-refractivity contribution is 6.06. The zero-order valence-corrected chi connectivity index (χ0v) is 35.6. The predicted molar refractivity (Wildman–Crippen MR) is 238 cm³/mol. The maximum Gasteiger partial charge on any atom is 0.407 e. The molecule has 4 aromatic carbocycles. The van der Waals surface area contributed by atoms with Crippen LogP contribution >= 0.6 is 0 Å². The van der Waals surface area contributed by atoms with Gasteiger partial charge >= 0.3 is 12.2 Å². The minimum Gasteiger partial charge on any atom is -0.453 e. The molecule has 0 aliphatic carbocycles. The summed E-state index contributed by atoms with van der Waals surface area (Å²) in [6.07, 6.45) is 6.83. The number of H-pyrrole nitrogens is 2. The van der Waals surface area contributed by atoms with Gasteiger partial charge in [-0.15, -0.1) is 0 Å². The zero-order valence-electron chi connectivity index (χ0n) is 35.6. The number of hydrogen-bond donors (Lipinski definition) is 4. The Kier molecular flexibility index (Phi) is 11.2. The molecule has 0 saturated carbocycles. The molecule has 0 spiro atoms. The molecule has 4 amide bonds. The number of pyridine rings is 1. The van der Waals surface area contributed by atoms with Crippen LogP contribution in [-0.2, 0) is 19.1 Å². The molecule has 63 heavy (non-hydrogen) atoms. The first-order chi connectivity index (χ1) is 30.6. The van der Waals surface area contributed by atoms with Crippen molar-refractivity contribution in [2.24, 2.45) is 5.92 Å². The van der Waals surface area contributed by atoms with Crippen LogP contribution in [0.15, 0.2) is 97.5 Å². The highest BCUT2D eigenvalue weighted by atomic mass is 16.5. The fraction of sp³-hybridized carbons (Fsp3) is 0.312. The summed E-state index contributed by atoms with van der Waals surface area (Å²) in [5.74, 6) is 0.925. The van der Waals surface area contributed by atoms with E-state index in [2.05, 4.69) is 86.2 Å². The summed E-state index contributed by atoms with van der Waals surface area (Å²) >= 11 is 0. The lowest BCUT2D eigenvalue weighted by atomic mass is 9.97. The van der Waals surface area contributed by atoms with Gasteiger partial charge in [0.05, 0.1) is 49.2 Å². The molecule has 1 unspecified atom stereocenters. The first kappa shape index (κ1) is 41.1. The normalized spacial score (nSPS) is 17.3. The summed E-state index contributed by atoms with van der Waals surface area (Å²) in [7, 11) is 2.56. The van der Waals surface area contributed by atoms with E-state index in [1.165, 1.54) is 14.2 Å². The summed E-state index contributed by atoms with van der Waals surface area (Å²) < 4.78 is 9.62. The summed E-state index contributed by atoms with van der Waals surface area (Å²) in [4.78, 5) is 76.5. The number of hydrogen-bond acceptors (Lipinski definition) is 9. The van der Waals surface area contributed by atoms with Crippen molar-refractivity contribution < 1.29 is 28.7 Å². The Bertz CT molecular complexity index is 2860. The fourth-order valence-electron chi connectivity index (χ4n) is 9.09. The van der Waals surface area contributed by atoms with Crippen molar-refractivity contribution >= 4 is 56.6 Å². The molecule has 4 atom stereocenters. The van der Waals surface area contributed by atoms with Crippen molar-refractivity contribution in [3.05, 3.63) is 115 Å². The lowest BCUT2D eigenvalue weighted by Crippen LogP contribution is -2.51. The Morgan fingerprint density at radius 3 is 2.05 bits per heavy atom. The monoisotopic (exact) mass is 847 g/mol. The van der Waals surface area contributed by atoms with Gasteiger partial charge in [-0.1, -0.05) is 62.4 Å². The topological polar surface area (TPSA) is 188 Å². The number of likely N-dealkylation sites (tertiary alicyclic amines) is 2. The summed E-state index contributed by atoms with van der Waals surface area (Å²) in [6, 6.07) is 24.7. The predicted octanol–water partition coefficient (Wildman–Crippen LogP) is 8.13. The molecule has 15 nitrogen and oxygen atoms in total. The largest absolute Gasteiger partial charge is 0.453 e. The molecular weight excluding hydrogens is 799 g/mol. The number of methoxy groups -OCH3 is 2. The number of imidazole rings is 2. The van der Waals surface area contributed by atoms with Crippen molar-refractivity contribution in [1.29, 1.82) is 0 Å². The summed E-state index contributed by atoms with van der Waals surface area (Å²) in [6.45, 7) is 4.94. The number of nitrogens with one attached hydrogen (secondary N) is 4. The molecule has 15 heteroatoms. The van der Waals surface area contributed by atoms with Crippen LogP contribution in [0.2, 0.25) is 0 Å².